The van der Waals surface area contributed by atoms with Crippen molar-refractivity contribution in [2.24, 2.45) is 4.99 Å². The molecule has 0 spiro atoms. The quantitative estimate of drug-likeness (QED) is 0.366. The molecule has 0 bridgehead atoms. The predicted molar refractivity (Wildman–Crippen MR) is 116 cm³/mol. The maximum absolute atomic E-state index is 5.44. The van der Waals surface area contributed by atoms with Crippen LogP contribution in [0, 0.1) is 0 Å². The Balaban J connectivity index is 0.00000243. The van der Waals surface area contributed by atoms with Gasteiger partial charge in [-0.1, -0.05) is 49.3 Å². The zero-order chi connectivity index (χ0) is 17.6. The first kappa shape index (κ1) is 20.7. The normalized spacial score (nSPS) is 19.0. The van der Waals surface area contributed by atoms with Crippen LogP contribution in [0.4, 0.5) is 0 Å². The van der Waals surface area contributed by atoms with E-state index < -0.39 is 0 Å². The van der Waals surface area contributed by atoms with Crippen LogP contribution in [-0.4, -0.2) is 23.7 Å². The fourth-order valence-electron chi connectivity index (χ4n) is 3.19. The molecule has 26 heavy (non-hydrogen) atoms. The van der Waals surface area contributed by atoms with Crippen LogP contribution in [-0.2, 0) is 19.4 Å². The minimum atomic E-state index is 0. The Morgan fingerprint density at radius 1 is 1.19 bits per heavy atom. The van der Waals surface area contributed by atoms with Crippen molar-refractivity contribution in [1.29, 1.82) is 0 Å². The van der Waals surface area contributed by atoms with Crippen LogP contribution >= 0.6 is 24.0 Å². The lowest BCUT2D eigenvalue weighted by molar-refractivity contribution is 0.380. The third-order valence-electron chi connectivity index (χ3n) is 4.69. The zero-order valence-corrected chi connectivity index (χ0v) is 18.1. The summed E-state index contributed by atoms with van der Waals surface area (Å²) in [5.74, 6) is 2.40. The van der Waals surface area contributed by atoms with Crippen molar-refractivity contribution in [3.8, 4) is 0 Å². The smallest absolute Gasteiger partial charge is 0.191 e. The molecule has 3 rings (SSSR count). The number of aromatic nitrogens is 1. The minimum Gasteiger partial charge on any atom is -0.361 e. The Hall–Kier alpha value is -1.57. The summed E-state index contributed by atoms with van der Waals surface area (Å²) in [6.07, 6.45) is 2.87. The summed E-state index contributed by atoms with van der Waals surface area (Å²) in [5.41, 5.74) is 3.55. The molecule has 2 atom stereocenters. The van der Waals surface area contributed by atoms with Crippen LogP contribution in [0.25, 0.3) is 0 Å². The van der Waals surface area contributed by atoms with Gasteiger partial charge in [-0.25, -0.2) is 4.99 Å². The first-order valence-corrected chi connectivity index (χ1v) is 9.32. The number of guanidine groups is 1. The van der Waals surface area contributed by atoms with Crippen molar-refractivity contribution in [2.75, 3.05) is 6.54 Å². The number of rotatable bonds is 7. The van der Waals surface area contributed by atoms with Gasteiger partial charge in [0.2, 0.25) is 0 Å². The number of halogens is 1. The number of aliphatic imine (C=N–C) groups is 1. The minimum absolute atomic E-state index is 0. The summed E-state index contributed by atoms with van der Waals surface area (Å²) in [6, 6.07) is 11.1. The molecule has 0 aliphatic heterocycles. The molecule has 1 aliphatic carbocycles. The van der Waals surface area contributed by atoms with E-state index in [9.17, 15) is 0 Å². The number of hydrogen-bond donors (Lipinski definition) is 2. The third-order valence-corrected chi connectivity index (χ3v) is 4.69. The summed E-state index contributed by atoms with van der Waals surface area (Å²) in [7, 11) is 0. The van der Waals surface area contributed by atoms with Crippen LogP contribution in [0.3, 0.4) is 0 Å². The third kappa shape index (κ3) is 4.99. The van der Waals surface area contributed by atoms with Crippen LogP contribution in [0.1, 0.15) is 55.7 Å². The lowest BCUT2D eigenvalue weighted by Gasteiger charge is -2.11. The molecule has 1 aromatic carbocycles. The van der Waals surface area contributed by atoms with Crippen LogP contribution in [0.2, 0.25) is 0 Å². The van der Waals surface area contributed by atoms with Gasteiger partial charge in [0.25, 0.3) is 0 Å². The number of benzene rings is 1. The Morgan fingerprint density at radius 2 is 1.96 bits per heavy atom. The molecule has 1 aromatic heterocycles. The monoisotopic (exact) mass is 468 g/mol. The van der Waals surface area contributed by atoms with Crippen molar-refractivity contribution >= 4 is 29.9 Å². The molecule has 0 amide bonds. The molecule has 2 N–H and O–H groups in total. The Labute approximate surface area is 173 Å². The highest BCUT2D eigenvalue weighted by Gasteiger charge is 2.38. The van der Waals surface area contributed by atoms with E-state index in [1.807, 2.05) is 0 Å². The highest BCUT2D eigenvalue weighted by molar-refractivity contribution is 14.0. The number of hydrogen-bond acceptors (Lipinski definition) is 3. The maximum Gasteiger partial charge on any atom is 0.191 e. The highest BCUT2D eigenvalue weighted by atomic mass is 127. The van der Waals surface area contributed by atoms with Crippen LogP contribution in [0.5, 0.6) is 0 Å². The number of nitrogens with one attached hydrogen (secondary N) is 2. The van der Waals surface area contributed by atoms with E-state index in [4.69, 9.17) is 9.52 Å². The van der Waals surface area contributed by atoms with Gasteiger partial charge in [-0.05, 0) is 25.3 Å². The Kier molecular flexibility index (Phi) is 7.93. The van der Waals surface area contributed by atoms with E-state index in [2.05, 4.69) is 66.9 Å². The standard InChI is InChI=1S/C20H28N4O.HI/c1-4-17-16(19(5-2)25-24-17)13-22-20(21-6-3)23-18-12-15(18)14-10-8-7-9-11-14;/h7-11,15,18H,4-6,12-13H2,1-3H3,(H2,21,22,23);1H. The summed E-state index contributed by atoms with van der Waals surface area (Å²) in [6.45, 7) is 7.73. The van der Waals surface area contributed by atoms with Gasteiger partial charge < -0.3 is 15.2 Å². The molecule has 5 nitrogen and oxygen atoms in total. The maximum atomic E-state index is 5.44. The Bertz CT molecular complexity index is 692. The van der Waals surface area contributed by atoms with Crippen LogP contribution in [0.15, 0.2) is 39.8 Å². The molecule has 6 heteroatoms. The van der Waals surface area contributed by atoms with Crippen molar-refractivity contribution in [3.05, 3.63) is 52.9 Å². The lowest BCUT2D eigenvalue weighted by Crippen LogP contribution is -2.39. The van der Waals surface area contributed by atoms with Gasteiger partial charge in [0.15, 0.2) is 5.96 Å². The van der Waals surface area contributed by atoms with Crippen molar-refractivity contribution in [2.45, 2.75) is 58.5 Å². The second kappa shape index (κ2) is 9.94. The zero-order valence-electron chi connectivity index (χ0n) is 15.8. The second-order valence-electron chi connectivity index (χ2n) is 6.44. The van der Waals surface area contributed by atoms with Gasteiger partial charge in [-0.15, -0.1) is 24.0 Å². The fraction of sp³-hybridized carbons (Fsp3) is 0.500. The molecule has 1 fully saturated rings. The second-order valence-corrected chi connectivity index (χ2v) is 6.44. The summed E-state index contributed by atoms with van der Waals surface area (Å²) < 4.78 is 5.44. The van der Waals surface area contributed by atoms with Crippen molar-refractivity contribution in [3.63, 3.8) is 0 Å². The van der Waals surface area contributed by atoms with E-state index in [1.54, 1.807) is 0 Å². The fourth-order valence-corrected chi connectivity index (χ4v) is 3.19. The van der Waals surface area contributed by atoms with E-state index in [-0.39, 0.29) is 24.0 Å². The SMILES string of the molecule is CCNC(=NCc1c(CC)noc1CC)NC1CC1c1ccccc1.I. The first-order chi connectivity index (χ1) is 12.3. The molecule has 1 saturated carbocycles. The number of aryl methyl sites for hydroxylation is 2. The molecule has 0 radical (unpaired) electrons. The summed E-state index contributed by atoms with van der Waals surface area (Å²) in [5, 5.41) is 11.1. The summed E-state index contributed by atoms with van der Waals surface area (Å²) in [4.78, 5) is 4.78. The molecule has 1 aliphatic rings. The van der Waals surface area contributed by atoms with E-state index in [0.29, 0.717) is 18.5 Å². The van der Waals surface area contributed by atoms with E-state index in [1.165, 1.54) is 5.56 Å². The summed E-state index contributed by atoms with van der Waals surface area (Å²) >= 11 is 0. The largest absolute Gasteiger partial charge is 0.361 e. The molecular formula is C20H29IN4O. The van der Waals surface area contributed by atoms with Gasteiger partial charge >= 0.3 is 0 Å². The molecule has 1 heterocycles. The highest BCUT2D eigenvalue weighted by Crippen LogP contribution is 2.40. The number of nitrogens with zero attached hydrogens (tertiary/aromatic N) is 2. The molecule has 142 valence electrons. The molecular weight excluding hydrogens is 439 g/mol. The Morgan fingerprint density at radius 3 is 2.62 bits per heavy atom. The molecule has 2 aromatic rings. The van der Waals surface area contributed by atoms with E-state index in [0.717, 1.165) is 48.8 Å². The van der Waals surface area contributed by atoms with Crippen molar-refractivity contribution < 1.29 is 4.52 Å². The first-order valence-electron chi connectivity index (χ1n) is 9.32. The van der Waals surface area contributed by atoms with Crippen molar-refractivity contribution in [1.82, 2.24) is 15.8 Å². The molecule has 0 saturated heterocycles. The van der Waals surface area contributed by atoms with Gasteiger partial charge in [-0.3, -0.25) is 0 Å². The van der Waals surface area contributed by atoms with Crippen LogP contribution < -0.4 is 10.6 Å². The van der Waals surface area contributed by atoms with Gasteiger partial charge in [-0.2, -0.15) is 0 Å². The van der Waals surface area contributed by atoms with Gasteiger partial charge in [0, 0.05) is 30.5 Å². The molecule has 2 unspecified atom stereocenters. The average Bonchev–Trinajstić information content (AvgIpc) is 3.30. The average molecular weight is 468 g/mol. The van der Waals surface area contributed by atoms with Gasteiger partial charge in [0.05, 0.1) is 12.2 Å². The van der Waals surface area contributed by atoms with E-state index >= 15 is 0 Å². The topological polar surface area (TPSA) is 62.5 Å². The lowest BCUT2D eigenvalue weighted by atomic mass is 10.1. The van der Waals surface area contributed by atoms with Gasteiger partial charge in [0.1, 0.15) is 5.76 Å². The predicted octanol–water partition coefficient (Wildman–Crippen LogP) is 4.03.